The van der Waals surface area contributed by atoms with Crippen molar-refractivity contribution in [2.75, 3.05) is 31.2 Å². The van der Waals surface area contributed by atoms with E-state index in [9.17, 15) is 9.90 Å². The highest BCUT2D eigenvalue weighted by Gasteiger charge is 2.18. The summed E-state index contributed by atoms with van der Waals surface area (Å²) in [5, 5.41) is 12.5. The van der Waals surface area contributed by atoms with Crippen LogP contribution in [0.25, 0.3) is 0 Å². The van der Waals surface area contributed by atoms with E-state index >= 15 is 0 Å². The molecule has 2 heterocycles. The van der Waals surface area contributed by atoms with Gasteiger partial charge in [-0.3, -0.25) is 10.1 Å². The van der Waals surface area contributed by atoms with E-state index in [1.54, 1.807) is 12.4 Å². The fourth-order valence-corrected chi connectivity index (χ4v) is 2.70. The van der Waals surface area contributed by atoms with E-state index in [1.165, 1.54) is 0 Å². The van der Waals surface area contributed by atoms with Gasteiger partial charge in [0.05, 0.1) is 13.2 Å². The van der Waals surface area contributed by atoms with E-state index in [2.05, 4.69) is 20.2 Å². The number of rotatable bonds is 7. The molecule has 25 heavy (non-hydrogen) atoms. The minimum Gasteiger partial charge on any atom is -0.480 e. The molecule has 1 aromatic heterocycles. The van der Waals surface area contributed by atoms with Crippen LogP contribution < -0.4 is 10.2 Å². The molecule has 1 aliphatic heterocycles. The van der Waals surface area contributed by atoms with Crippen LogP contribution in [0.4, 0.5) is 5.95 Å². The zero-order valence-electron chi connectivity index (χ0n) is 14.0. The summed E-state index contributed by atoms with van der Waals surface area (Å²) in [6, 6.07) is 8.94. The van der Waals surface area contributed by atoms with E-state index < -0.39 is 12.0 Å². The number of carboxylic acids is 1. The van der Waals surface area contributed by atoms with Crippen LogP contribution in [0.3, 0.4) is 0 Å². The molecule has 1 fully saturated rings. The number of nitrogens with zero attached hydrogens (tertiary/aromatic N) is 3. The lowest BCUT2D eigenvalue weighted by molar-refractivity contribution is -0.139. The summed E-state index contributed by atoms with van der Waals surface area (Å²) in [6.45, 7) is 3.36. The number of carbonyl (C=O) groups is 1. The number of aliphatic carboxylic acids is 1. The molecule has 7 heteroatoms. The predicted octanol–water partition coefficient (Wildman–Crippen LogP) is 1.10. The standard InChI is InChI=1S/C18H22N4O3/c23-17(24)16(10-14-4-2-1-3-5-14)19-11-15-12-20-18(21-13-15)22-6-8-25-9-7-22/h1-5,12-13,16,19H,6-11H2,(H,23,24). The molecule has 1 aromatic carbocycles. The van der Waals surface area contributed by atoms with Crippen molar-refractivity contribution < 1.29 is 14.6 Å². The second-order valence-corrected chi connectivity index (χ2v) is 5.95. The van der Waals surface area contributed by atoms with Crippen LogP contribution >= 0.6 is 0 Å². The van der Waals surface area contributed by atoms with E-state index in [-0.39, 0.29) is 0 Å². The van der Waals surface area contributed by atoms with Crippen molar-refractivity contribution in [2.45, 2.75) is 19.0 Å². The van der Waals surface area contributed by atoms with Crippen molar-refractivity contribution in [3.05, 3.63) is 53.9 Å². The number of benzene rings is 1. The van der Waals surface area contributed by atoms with E-state index in [1.807, 2.05) is 30.3 Å². The Hall–Kier alpha value is -2.51. The zero-order valence-corrected chi connectivity index (χ0v) is 14.0. The van der Waals surface area contributed by atoms with Gasteiger partial charge in [0.2, 0.25) is 5.95 Å². The maximum Gasteiger partial charge on any atom is 0.321 e. The number of ether oxygens (including phenoxy) is 1. The molecule has 1 aliphatic rings. The Labute approximate surface area is 146 Å². The zero-order chi connectivity index (χ0) is 17.5. The monoisotopic (exact) mass is 342 g/mol. The van der Waals surface area contributed by atoms with Crippen molar-refractivity contribution >= 4 is 11.9 Å². The first-order valence-electron chi connectivity index (χ1n) is 8.36. The van der Waals surface area contributed by atoms with Gasteiger partial charge in [-0.05, 0) is 12.0 Å². The fraction of sp³-hybridized carbons (Fsp3) is 0.389. The van der Waals surface area contributed by atoms with Gasteiger partial charge in [-0.25, -0.2) is 9.97 Å². The normalized spacial score (nSPS) is 15.8. The van der Waals surface area contributed by atoms with Gasteiger partial charge in [0.15, 0.2) is 0 Å². The Kier molecular flexibility index (Phi) is 5.92. The molecule has 2 aromatic rings. The highest BCUT2D eigenvalue weighted by molar-refractivity contribution is 5.73. The van der Waals surface area contributed by atoms with Gasteiger partial charge in [0.25, 0.3) is 0 Å². The van der Waals surface area contributed by atoms with E-state index in [0.717, 1.165) is 24.2 Å². The number of morpholine rings is 1. The van der Waals surface area contributed by atoms with Gasteiger partial charge in [0.1, 0.15) is 6.04 Å². The Morgan fingerprint density at radius 3 is 2.48 bits per heavy atom. The van der Waals surface area contributed by atoms with Gasteiger partial charge in [-0.2, -0.15) is 0 Å². The number of hydrogen-bond donors (Lipinski definition) is 2. The molecular formula is C18H22N4O3. The Balaban J connectivity index is 1.56. The molecule has 1 saturated heterocycles. The number of anilines is 1. The number of hydrogen-bond acceptors (Lipinski definition) is 6. The molecule has 0 bridgehead atoms. The summed E-state index contributed by atoms with van der Waals surface area (Å²) < 4.78 is 5.32. The summed E-state index contributed by atoms with van der Waals surface area (Å²) in [5.41, 5.74) is 1.85. The average molecular weight is 342 g/mol. The van der Waals surface area contributed by atoms with Gasteiger partial charge in [-0.1, -0.05) is 30.3 Å². The molecule has 1 atom stereocenters. The van der Waals surface area contributed by atoms with Crippen LogP contribution in [0.15, 0.2) is 42.7 Å². The van der Waals surface area contributed by atoms with Gasteiger partial charge in [-0.15, -0.1) is 0 Å². The highest BCUT2D eigenvalue weighted by Crippen LogP contribution is 2.10. The van der Waals surface area contributed by atoms with Crippen molar-refractivity contribution in [1.82, 2.24) is 15.3 Å². The van der Waals surface area contributed by atoms with Crippen LogP contribution in [0.1, 0.15) is 11.1 Å². The van der Waals surface area contributed by atoms with Gasteiger partial charge >= 0.3 is 5.97 Å². The first-order chi connectivity index (χ1) is 12.2. The Morgan fingerprint density at radius 2 is 1.84 bits per heavy atom. The molecular weight excluding hydrogens is 320 g/mol. The Bertz CT molecular complexity index is 672. The van der Waals surface area contributed by atoms with Crippen molar-refractivity contribution in [3.8, 4) is 0 Å². The quantitative estimate of drug-likeness (QED) is 0.779. The maximum atomic E-state index is 11.5. The number of aromatic nitrogens is 2. The molecule has 0 saturated carbocycles. The van der Waals surface area contributed by atoms with Crippen LogP contribution in [-0.4, -0.2) is 53.4 Å². The Morgan fingerprint density at radius 1 is 1.16 bits per heavy atom. The molecule has 7 nitrogen and oxygen atoms in total. The van der Waals surface area contributed by atoms with Crippen molar-refractivity contribution in [1.29, 1.82) is 0 Å². The SMILES string of the molecule is O=C(O)C(Cc1ccccc1)NCc1cnc(N2CCOCC2)nc1. The average Bonchev–Trinajstić information content (AvgIpc) is 2.67. The smallest absolute Gasteiger partial charge is 0.321 e. The number of carboxylic acid groups (broad SMARTS) is 1. The highest BCUT2D eigenvalue weighted by atomic mass is 16.5. The fourth-order valence-electron chi connectivity index (χ4n) is 2.70. The first-order valence-corrected chi connectivity index (χ1v) is 8.36. The maximum absolute atomic E-state index is 11.5. The van der Waals surface area contributed by atoms with Crippen LogP contribution in [0, 0.1) is 0 Å². The molecule has 132 valence electrons. The summed E-state index contributed by atoms with van der Waals surface area (Å²) in [4.78, 5) is 22.3. The molecule has 0 spiro atoms. The molecule has 1 unspecified atom stereocenters. The minimum absolute atomic E-state index is 0.410. The molecule has 0 amide bonds. The summed E-state index contributed by atoms with van der Waals surface area (Å²) in [7, 11) is 0. The first kappa shape index (κ1) is 17.3. The van der Waals surface area contributed by atoms with Crippen LogP contribution in [-0.2, 0) is 22.5 Å². The molecule has 3 rings (SSSR count). The summed E-state index contributed by atoms with van der Waals surface area (Å²) in [5.74, 6) is -0.180. The summed E-state index contributed by atoms with van der Waals surface area (Å²) in [6.07, 6.45) is 3.92. The van der Waals surface area contributed by atoms with Gasteiger partial charge < -0.3 is 14.7 Å². The minimum atomic E-state index is -0.866. The molecule has 2 N–H and O–H groups in total. The van der Waals surface area contributed by atoms with Crippen LogP contribution in [0.5, 0.6) is 0 Å². The second-order valence-electron chi connectivity index (χ2n) is 5.95. The topological polar surface area (TPSA) is 87.6 Å². The van der Waals surface area contributed by atoms with Crippen molar-refractivity contribution in [2.24, 2.45) is 0 Å². The van der Waals surface area contributed by atoms with E-state index in [0.29, 0.717) is 32.1 Å². The predicted molar refractivity (Wildman–Crippen MR) is 93.5 cm³/mol. The van der Waals surface area contributed by atoms with Gasteiger partial charge in [0, 0.05) is 37.6 Å². The van der Waals surface area contributed by atoms with E-state index in [4.69, 9.17) is 4.74 Å². The number of nitrogens with one attached hydrogen (secondary N) is 1. The largest absolute Gasteiger partial charge is 0.480 e. The van der Waals surface area contributed by atoms with Crippen LogP contribution in [0.2, 0.25) is 0 Å². The van der Waals surface area contributed by atoms with Crippen molar-refractivity contribution in [3.63, 3.8) is 0 Å². The summed E-state index contributed by atoms with van der Waals surface area (Å²) >= 11 is 0. The second kappa shape index (κ2) is 8.55. The lowest BCUT2D eigenvalue weighted by Crippen LogP contribution is -2.38. The lowest BCUT2D eigenvalue weighted by atomic mass is 10.1. The molecule has 0 aliphatic carbocycles. The third kappa shape index (κ3) is 4.98. The molecule has 0 radical (unpaired) electrons. The third-order valence-corrected chi connectivity index (χ3v) is 4.12. The lowest BCUT2D eigenvalue weighted by Gasteiger charge is -2.26. The third-order valence-electron chi connectivity index (χ3n) is 4.12.